The summed E-state index contributed by atoms with van der Waals surface area (Å²) in [6, 6.07) is 11.9. The van der Waals surface area contributed by atoms with E-state index in [-0.39, 0.29) is 6.61 Å². The Morgan fingerprint density at radius 2 is 1.95 bits per heavy atom. The van der Waals surface area contributed by atoms with Crippen LogP contribution in [-0.4, -0.2) is 11.1 Å². The van der Waals surface area contributed by atoms with Gasteiger partial charge in [-0.3, -0.25) is 0 Å². The molecule has 0 aromatic heterocycles. The first-order valence-corrected chi connectivity index (χ1v) is 6.43. The van der Waals surface area contributed by atoms with E-state index in [4.69, 9.17) is 9.84 Å². The number of halogens is 1. The van der Waals surface area contributed by atoms with Crippen LogP contribution >= 0.6 is 0 Å². The number of ether oxygens (including phenoxy) is 1. The molecule has 0 aliphatic heterocycles. The number of hydrogen-bond acceptors (Lipinski definition) is 2. The predicted octanol–water partition coefficient (Wildman–Crippen LogP) is 3.81. The van der Waals surface area contributed by atoms with Gasteiger partial charge in [-0.2, -0.15) is 0 Å². The van der Waals surface area contributed by atoms with E-state index in [0.29, 0.717) is 16.9 Å². The highest BCUT2D eigenvalue weighted by Crippen LogP contribution is 2.16. The maximum Gasteiger partial charge on any atom is 0.328 e. The molecule has 0 aliphatic carbocycles. The molecule has 0 fully saturated rings. The second-order valence-electron chi connectivity index (χ2n) is 4.67. The largest absolute Gasteiger partial charge is 0.489 e. The van der Waals surface area contributed by atoms with Gasteiger partial charge in [0, 0.05) is 6.08 Å². The van der Waals surface area contributed by atoms with Crippen molar-refractivity contribution in [1.29, 1.82) is 0 Å². The molecule has 108 valence electrons. The first kappa shape index (κ1) is 14.8. The average Bonchev–Trinajstić information content (AvgIpc) is 2.44. The lowest BCUT2D eigenvalue weighted by Gasteiger charge is -2.07. The van der Waals surface area contributed by atoms with Gasteiger partial charge in [0.15, 0.2) is 0 Å². The van der Waals surface area contributed by atoms with Crippen molar-refractivity contribution in [2.75, 3.05) is 0 Å². The molecule has 2 rings (SSSR count). The van der Waals surface area contributed by atoms with Gasteiger partial charge < -0.3 is 9.84 Å². The molecular formula is C17H15FO3. The lowest BCUT2D eigenvalue weighted by molar-refractivity contribution is -0.131. The Bertz CT molecular complexity index is 660. The van der Waals surface area contributed by atoms with Crippen molar-refractivity contribution in [2.24, 2.45) is 0 Å². The Balaban J connectivity index is 2.09. The highest BCUT2D eigenvalue weighted by Gasteiger charge is 2.01. The molecule has 0 bridgehead atoms. The van der Waals surface area contributed by atoms with Crippen molar-refractivity contribution >= 4 is 12.0 Å². The van der Waals surface area contributed by atoms with Gasteiger partial charge in [0.2, 0.25) is 0 Å². The van der Waals surface area contributed by atoms with Crippen molar-refractivity contribution < 1.29 is 19.0 Å². The summed E-state index contributed by atoms with van der Waals surface area (Å²) in [6.45, 7) is 2.20. The van der Waals surface area contributed by atoms with Crippen LogP contribution in [0.3, 0.4) is 0 Å². The van der Waals surface area contributed by atoms with Crippen LogP contribution in [0.2, 0.25) is 0 Å². The summed E-state index contributed by atoms with van der Waals surface area (Å²) in [7, 11) is 0. The lowest BCUT2D eigenvalue weighted by atomic mass is 10.1. The lowest BCUT2D eigenvalue weighted by Crippen LogP contribution is -1.97. The van der Waals surface area contributed by atoms with E-state index in [1.165, 1.54) is 18.2 Å². The molecule has 0 saturated heterocycles. The Labute approximate surface area is 122 Å². The van der Waals surface area contributed by atoms with E-state index in [0.717, 1.165) is 11.6 Å². The quantitative estimate of drug-likeness (QED) is 0.850. The molecule has 0 amide bonds. The Morgan fingerprint density at radius 3 is 2.62 bits per heavy atom. The summed E-state index contributed by atoms with van der Waals surface area (Å²) < 4.78 is 19.1. The average molecular weight is 286 g/mol. The number of aryl methyl sites for hydroxylation is 1. The highest BCUT2D eigenvalue weighted by molar-refractivity contribution is 5.85. The van der Waals surface area contributed by atoms with E-state index in [1.807, 2.05) is 31.2 Å². The fourth-order valence-electron chi connectivity index (χ4n) is 1.82. The van der Waals surface area contributed by atoms with E-state index in [9.17, 15) is 9.18 Å². The normalized spacial score (nSPS) is 10.8. The molecule has 0 spiro atoms. The van der Waals surface area contributed by atoms with Gasteiger partial charge in [0.1, 0.15) is 18.2 Å². The maximum atomic E-state index is 13.5. The zero-order valence-electron chi connectivity index (χ0n) is 11.5. The van der Waals surface area contributed by atoms with Crippen LogP contribution in [0.5, 0.6) is 5.75 Å². The van der Waals surface area contributed by atoms with Crippen LogP contribution in [0.25, 0.3) is 6.08 Å². The summed E-state index contributed by atoms with van der Waals surface area (Å²) >= 11 is 0. The molecule has 4 heteroatoms. The molecule has 0 radical (unpaired) electrons. The topological polar surface area (TPSA) is 46.5 Å². The maximum absolute atomic E-state index is 13.5. The molecule has 3 nitrogen and oxygen atoms in total. The summed E-state index contributed by atoms with van der Waals surface area (Å²) in [5.41, 5.74) is 2.26. The third kappa shape index (κ3) is 4.76. The molecule has 2 aromatic carbocycles. The summed E-state index contributed by atoms with van der Waals surface area (Å²) in [4.78, 5) is 10.5. The first-order chi connectivity index (χ1) is 10.0. The van der Waals surface area contributed by atoms with Crippen molar-refractivity contribution in [3.05, 3.63) is 71.0 Å². The molecule has 1 N–H and O–H groups in total. The Hall–Kier alpha value is -2.62. The number of carboxylic acids is 1. The standard InChI is InChI=1S/C17H15FO3/c1-12-2-5-16(6-3-12)21-11-14-8-13(4-7-17(19)20)9-15(18)10-14/h2-10H,11H2,1H3,(H,19,20). The van der Waals surface area contributed by atoms with Crippen molar-refractivity contribution in [3.8, 4) is 5.75 Å². The van der Waals surface area contributed by atoms with Crippen molar-refractivity contribution in [3.63, 3.8) is 0 Å². The van der Waals surface area contributed by atoms with Crippen molar-refractivity contribution in [1.82, 2.24) is 0 Å². The van der Waals surface area contributed by atoms with Gasteiger partial charge in [-0.25, -0.2) is 9.18 Å². The molecule has 0 aliphatic rings. The SMILES string of the molecule is Cc1ccc(OCc2cc(F)cc(C=CC(=O)O)c2)cc1. The van der Waals surface area contributed by atoms with Gasteiger partial charge in [-0.05, 0) is 54.5 Å². The minimum atomic E-state index is -1.07. The minimum Gasteiger partial charge on any atom is -0.489 e. The van der Waals surface area contributed by atoms with Crippen LogP contribution in [0, 0.1) is 12.7 Å². The zero-order valence-corrected chi connectivity index (χ0v) is 11.5. The third-order valence-corrected chi connectivity index (χ3v) is 2.82. The molecule has 0 unspecified atom stereocenters. The molecule has 2 aromatic rings. The van der Waals surface area contributed by atoms with Crippen LogP contribution in [0.15, 0.2) is 48.5 Å². The number of rotatable bonds is 5. The van der Waals surface area contributed by atoms with E-state index in [2.05, 4.69) is 0 Å². The Kier molecular flexibility index (Phi) is 4.72. The Morgan fingerprint density at radius 1 is 1.24 bits per heavy atom. The number of benzene rings is 2. The van der Waals surface area contributed by atoms with Crippen LogP contribution < -0.4 is 4.74 Å². The second-order valence-corrected chi connectivity index (χ2v) is 4.67. The number of carbonyl (C=O) groups is 1. The van der Waals surface area contributed by atoms with E-state index in [1.54, 1.807) is 6.07 Å². The van der Waals surface area contributed by atoms with Gasteiger partial charge >= 0.3 is 5.97 Å². The van der Waals surface area contributed by atoms with Gasteiger partial charge in [-0.15, -0.1) is 0 Å². The second kappa shape index (κ2) is 6.70. The fourth-order valence-corrected chi connectivity index (χ4v) is 1.82. The monoisotopic (exact) mass is 286 g/mol. The summed E-state index contributed by atoms with van der Waals surface area (Å²) in [5, 5.41) is 8.58. The van der Waals surface area contributed by atoms with Crippen LogP contribution in [0.4, 0.5) is 4.39 Å². The predicted molar refractivity (Wildman–Crippen MR) is 78.6 cm³/mol. The molecular weight excluding hydrogens is 271 g/mol. The summed E-state index contributed by atoms with van der Waals surface area (Å²) in [6.07, 6.45) is 2.32. The fraction of sp³-hybridized carbons (Fsp3) is 0.118. The molecule has 0 saturated carbocycles. The van der Waals surface area contributed by atoms with Gasteiger partial charge in [0.25, 0.3) is 0 Å². The van der Waals surface area contributed by atoms with Crippen molar-refractivity contribution in [2.45, 2.75) is 13.5 Å². The minimum absolute atomic E-state index is 0.217. The van der Waals surface area contributed by atoms with E-state index < -0.39 is 11.8 Å². The number of aliphatic carboxylic acids is 1. The molecule has 0 atom stereocenters. The van der Waals surface area contributed by atoms with Gasteiger partial charge in [-0.1, -0.05) is 17.7 Å². The number of carboxylic acid groups (broad SMARTS) is 1. The zero-order chi connectivity index (χ0) is 15.2. The van der Waals surface area contributed by atoms with Crippen LogP contribution in [-0.2, 0) is 11.4 Å². The molecule has 21 heavy (non-hydrogen) atoms. The number of hydrogen-bond donors (Lipinski definition) is 1. The summed E-state index contributed by atoms with van der Waals surface area (Å²) in [5.74, 6) is -0.797. The van der Waals surface area contributed by atoms with Gasteiger partial charge in [0.05, 0.1) is 0 Å². The van der Waals surface area contributed by atoms with E-state index >= 15 is 0 Å². The van der Waals surface area contributed by atoms with Crippen LogP contribution in [0.1, 0.15) is 16.7 Å². The smallest absolute Gasteiger partial charge is 0.328 e. The molecule has 0 heterocycles. The first-order valence-electron chi connectivity index (χ1n) is 6.43. The third-order valence-electron chi connectivity index (χ3n) is 2.82. The highest BCUT2D eigenvalue weighted by atomic mass is 19.1.